The first-order valence-corrected chi connectivity index (χ1v) is 5.72. The van der Waals surface area contributed by atoms with Gasteiger partial charge >= 0.3 is 0 Å². The summed E-state index contributed by atoms with van der Waals surface area (Å²) in [6.07, 6.45) is 0.0856. The van der Waals surface area contributed by atoms with Gasteiger partial charge < -0.3 is 4.90 Å². The highest BCUT2D eigenvalue weighted by Gasteiger charge is 2.36. The second kappa shape index (κ2) is 3.71. The number of likely N-dealkylation sites (N-methyl/N-ethyl adjacent to an activating group) is 1. The number of thiophene rings is 1. The Hall–Kier alpha value is -0.870. The summed E-state index contributed by atoms with van der Waals surface area (Å²) in [5, 5.41) is 5.33. The predicted octanol–water partition coefficient (Wildman–Crippen LogP) is 1.59. The lowest BCUT2D eigenvalue weighted by Crippen LogP contribution is -2.29. The van der Waals surface area contributed by atoms with Gasteiger partial charge in [-0.1, -0.05) is 6.07 Å². The molecule has 0 bridgehead atoms. The fraction of sp³-hybridized carbons (Fsp3) is 0.500. The van der Waals surface area contributed by atoms with Gasteiger partial charge in [0.25, 0.3) is 0 Å². The number of amides is 1. The molecular weight excluding hydrogens is 196 g/mol. The van der Waals surface area contributed by atoms with E-state index in [1.165, 1.54) is 4.88 Å². The van der Waals surface area contributed by atoms with Gasteiger partial charge in [0.1, 0.15) is 6.17 Å². The van der Waals surface area contributed by atoms with Crippen LogP contribution in [0.1, 0.15) is 24.9 Å². The number of carbonyl (C=O) groups excluding carboxylic acids is 1. The molecule has 1 aliphatic rings. The molecule has 0 saturated carbocycles. The number of nitrogens with zero attached hydrogens (tertiary/aromatic N) is 1. The maximum atomic E-state index is 11.7. The Bertz CT molecular complexity index is 323. The van der Waals surface area contributed by atoms with Crippen molar-refractivity contribution in [3.8, 4) is 0 Å². The Balaban J connectivity index is 2.24. The van der Waals surface area contributed by atoms with Crippen molar-refractivity contribution in [3.63, 3.8) is 0 Å². The molecule has 0 radical (unpaired) electrons. The van der Waals surface area contributed by atoms with Crippen molar-refractivity contribution in [1.29, 1.82) is 0 Å². The fourth-order valence-electron chi connectivity index (χ4n) is 1.80. The first-order chi connectivity index (χ1) is 6.74. The molecule has 1 saturated heterocycles. The quantitative estimate of drug-likeness (QED) is 0.804. The van der Waals surface area contributed by atoms with E-state index >= 15 is 0 Å². The minimum Gasteiger partial charge on any atom is -0.321 e. The van der Waals surface area contributed by atoms with Crippen LogP contribution in [0.4, 0.5) is 0 Å². The zero-order valence-corrected chi connectivity index (χ0v) is 9.17. The normalized spacial score (nSPS) is 27.3. The zero-order chi connectivity index (χ0) is 10.1. The van der Waals surface area contributed by atoms with E-state index in [1.54, 1.807) is 11.3 Å². The van der Waals surface area contributed by atoms with Crippen LogP contribution in [0.5, 0.6) is 0 Å². The SMILES string of the molecule is CCN1C(=O)C(C)NC1c1cccs1. The van der Waals surface area contributed by atoms with Gasteiger partial charge in [-0.2, -0.15) is 0 Å². The summed E-state index contributed by atoms with van der Waals surface area (Å²) >= 11 is 1.69. The summed E-state index contributed by atoms with van der Waals surface area (Å²) in [6.45, 7) is 4.69. The van der Waals surface area contributed by atoms with E-state index < -0.39 is 0 Å². The molecule has 1 aromatic heterocycles. The molecule has 3 nitrogen and oxygen atoms in total. The molecule has 14 heavy (non-hydrogen) atoms. The van der Waals surface area contributed by atoms with Crippen molar-refractivity contribution >= 4 is 17.2 Å². The van der Waals surface area contributed by atoms with Gasteiger partial charge in [-0.15, -0.1) is 11.3 Å². The van der Waals surface area contributed by atoms with Crippen molar-refractivity contribution in [1.82, 2.24) is 10.2 Å². The Kier molecular flexibility index (Phi) is 2.56. The molecular formula is C10H14N2OS. The molecule has 1 aliphatic heterocycles. The summed E-state index contributed by atoms with van der Waals surface area (Å²) < 4.78 is 0. The Morgan fingerprint density at radius 3 is 3.00 bits per heavy atom. The van der Waals surface area contributed by atoms with Crippen LogP contribution in [-0.2, 0) is 4.79 Å². The first-order valence-electron chi connectivity index (χ1n) is 4.84. The van der Waals surface area contributed by atoms with Gasteiger partial charge in [-0.3, -0.25) is 10.1 Å². The van der Waals surface area contributed by atoms with E-state index in [-0.39, 0.29) is 18.1 Å². The number of carbonyl (C=O) groups is 1. The number of rotatable bonds is 2. The Morgan fingerprint density at radius 2 is 2.43 bits per heavy atom. The topological polar surface area (TPSA) is 32.3 Å². The molecule has 4 heteroatoms. The lowest BCUT2D eigenvalue weighted by atomic mass is 10.3. The Labute approximate surface area is 87.7 Å². The molecule has 1 N–H and O–H groups in total. The van der Waals surface area contributed by atoms with Gasteiger partial charge in [0.05, 0.1) is 6.04 Å². The third kappa shape index (κ3) is 1.44. The third-order valence-corrected chi connectivity index (χ3v) is 3.45. The standard InChI is InChI=1S/C10H14N2OS/c1-3-12-9(8-5-4-6-14-8)11-7(2)10(12)13/h4-7,9,11H,3H2,1-2H3. The molecule has 0 spiro atoms. The predicted molar refractivity (Wildman–Crippen MR) is 57.0 cm³/mol. The van der Waals surface area contributed by atoms with Crippen LogP contribution in [0, 0.1) is 0 Å². The second-order valence-electron chi connectivity index (χ2n) is 3.43. The lowest BCUT2D eigenvalue weighted by Gasteiger charge is -2.21. The van der Waals surface area contributed by atoms with Crippen molar-refractivity contribution in [2.45, 2.75) is 26.1 Å². The van der Waals surface area contributed by atoms with Crippen molar-refractivity contribution in [3.05, 3.63) is 22.4 Å². The van der Waals surface area contributed by atoms with Gasteiger partial charge in [0.2, 0.25) is 5.91 Å². The van der Waals surface area contributed by atoms with Gasteiger partial charge in [0.15, 0.2) is 0 Å². The number of nitrogens with one attached hydrogen (secondary N) is 1. The maximum absolute atomic E-state index is 11.7. The summed E-state index contributed by atoms with van der Waals surface area (Å²) in [5.41, 5.74) is 0. The largest absolute Gasteiger partial charge is 0.321 e. The minimum absolute atomic E-state index is 0.0537. The van der Waals surface area contributed by atoms with Crippen LogP contribution in [-0.4, -0.2) is 23.4 Å². The number of hydrogen-bond acceptors (Lipinski definition) is 3. The molecule has 1 amide bonds. The van der Waals surface area contributed by atoms with E-state index in [1.807, 2.05) is 30.2 Å². The summed E-state index contributed by atoms with van der Waals surface area (Å²) in [4.78, 5) is 14.8. The maximum Gasteiger partial charge on any atom is 0.241 e. The molecule has 2 heterocycles. The van der Waals surface area contributed by atoms with Gasteiger partial charge in [0, 0.05) is 11.4 Å². The summed E-state index contributed by atoms with van der Waals surface area (Å²) in [7, 11) is 0. The van der Waals surface area contributed by atoms with Crippen LogP contribution in [0.15, 0.2) is 17.5 Å². The number of hydrogen-bond donors (Lipinski definition) is 1. The van der Waals surface area contributed by atoms with Crippen molar-refractivity contribution in [2.24, 2.45) is 0 Å². The molecule has 0 aliphatic carbocycles. The molecule has 76 valence electrons. The van der Waals surface area contributed by atoms with Crippen LogP contribution in [0.2, 0.25) is 0 Å². The smallest absolute Gasteiger partial charge is 0.241 e. The van der Waals surface area contributed by atoms with E-state index in [0.717, 1.165) is 6.54 Å². The van der Waals surface area contributed by atoms with E-state index in [2.05, 4.69) is 11.4 Å². The van der Waals surface area contributed by atoms with Gasteiger partial charge in [-0.05, 0) is 25.3 Å². The molecule has 2 atom stereocenters. The average molecular weight is 210 g/mol. The Morgan fingerprint density at radius 1 is 1.64 bits per heavy atom. The molecule has 1 fully saturated rings. The van der Waals surface area contributed by atoms with Crippen LogP contribution < -0.4 is 5.32 Å². The van der Waals surface area contributed by atoms with Crippen LogP contribution in [0.3, 0.4) is 0 Å². The van der Waals surface area contributed by atoms with Crippen molar-refractivity contribution in [2.75, 3.05) is 6.54 Å². The molecule has 2 rings (SSSR count). The van der Waals surface area contributed by atoms with E-state index in [0.29, 0.717) is 0 Å². The van der Waals surface area contributed by atoms with Crippen LogP contribution >= 0.6 is 11.3 Å². The van der Waals surface area contributed by atoms with E-state index in [9.17, 15) is 4.79 Å². The second-order valence-corrected chi connectivity index (χ2v) is 4.41. The highest BCUT2D eigenvalue weighted by atomic mass is 32.1. The summed E-state index contributed by atoms with van der Waals surface area (Å²) in [6, 6.07) is 4.03. The summed E-state index contributed by atoms with van der Waals surface area (Å²) in [5.74, 6) is 0.200. The monoisotopic (exact) mass is 210 g/mol. The van der Waals surface area contributed by atoms with Crippen molar-refractivity contribution < 1.29 is 4.79 Å². The molecule has 0 aromatic carbocycles. The van der Waals surface area contributed by atoms with Gasteiger partial charge in [-0.25, -0.2) is 0 Å². The molecule has 1 aromatic rings. The first kappa shape index (κ1) is 9.68. The zero-order valence-electron chi connectivity index (χ0n) is 8.36. The average Bonchev–Trinajstić information content (AvgIpc) is 2.76. The van der Waals surface area contributed by atoms with Crippen LogP contribution in [0.25, 0.3) is 0 Å². The minimum atomic E-state index is -0.0537. The van der Waals surface area contributed by atoms with E-state index in [4.69, 9.17) is 0 Å². The third-order valence-electron chi connectivity index (χ3n) is 2.53. The fourth-order valence-corrected chi connectivity index (χ4v) is 2.59. The highest BCUT2D eigenvalue weighted by Crippen LogP contribution is 2.27. The highest BCUT2D eigenvalue weighted by molar-refractivity contribution is 7.10. The lowest BCUT2D eigenvalue weighted by molar-refractivity contribution is -0.129. The molecule has 2 unspecified atom stereocenters.